The summed E-state index contributed by atoms with van der Waals surface area (Å²) in [5, 5.41) is 11.8. The number of anilines is 1. The van der Waals surface area contributed by atoms with E-state index in [1.54, 1.807) is 0 Å². The Morgan fingerprint density at radius 1 is 1.21 bits per heavy atom. The van der Waals surface area contributed by atoms with E-state index in [0.717, 1.165) is 44.9 Å². The third kappa shape index (κ3) is 4.49. The van der Waals surface area contributed by atoms with Crippen molar-refractivity contribution >= 4 is 11.6 Å². The van der Waals surface area contributed by atoms with Crippen LogP contribution in [0.3, 0.4) is 0 Å². The second kappa shape index (κ2) is 9.13. The number of benzene rings is 1. The minimum Gasteiger partial charge on any atom is -0.369 e. The first-order chi connectivity index (χ1) is 13.5. The highest BCUT2D eigenvalue weighted by molar-refractivity contribution is 5.80. The van der Waals surface area contributed by atoms with E-state index in [1.807, 2.05) is 18.8 Å². The molecule has 1 aromatic heterocycles. The maximum atomic E-state index is 4.67. The zero-order valence-electron chi connectivity index (χ0n) is 17.9. The number of hydrogen-bond acceptors (Lipinski definition) is 3. The zero-order chi connectivity index (χ0) is 20.1. The lowest BCUT2D eigenvalue weighted by atomic mass is 10.1. The summed E-state index contributed by atoms with van der Waals surface area (Å²) in [5.74, 6) is 0.865. The largest absolute Gasteiger partial charge is 0.369 e. The Hall–Kier alpha value is -2.50. The summed E-state index contributed by atoms with van der Waals surface area (Å²) in [7, 11) is 3.87. The third-order valence-electron chi connectivity index (χ3n) is 5.61. The van der Waals surface area contributed by atoms with E-state index < -0.39 is 0 Å². The van der Waals surface area contributed by atoms with Crippen molar-refractivity contribution in [3.05, 3.63) is 46.8 Å². The Balaban J connectivity index is 1.58. The standard InChI is InChI=1S/C22H34N6/c1-6-20-19(21(7-2)27(5)26-20)14-24-22(23-4)25-17-12-13-28(15-17)18-10-8-16(3)9-11-18/h8-11,17H,6-7,12-15H2,1-5H3,(H2,23,24,25). The highest BCUT2D eigenvalue weighted by atomic mass is 15.3. The highest BCUT2D eigenvalue weighted by Gasteiger charge is 2.23. The molecule has 0 bridgehead atoms. The maximum absolute atomic E-state index is 4.67. The van der Waals surface area contributed by atoms with E-state index in [1.165, 1.54) is 28.2 Å². The van der Waals surface area contributed by atoms with Gasteiger partial charge in [0.25, 0.3) is 0 Å². The fourth-order valence-corrected chi connectivity index (χ4v) is 4.02. The Morgan fingerprint density at radius 3 is 2.61 bits per heavy atom. The molecule has 6 heteroatoms. The quantitative estimate of drug-likeness (QED) is 0.596. The van der Waals surface area contributed by atoms with Gasteiger partial charge in [0.1, 0.15) is 0 Å². The number of nitrogens with zero attached hydrogens (tertiary/aromatic N) is 4. The topological polar surface area (TPSA) is 57.5 Å². The van der Waals surface area contributed by atoms with Crippen LogP contribution in [-0.2, 0) is 26.4 Å². The molecule has 0 amide bonds. The molecule has 3 rings (SSSR count). The molecule has 2 heterocycles. The Bertz CT molecular complexity index is 805. The van der Waals surface area contributed by atoms with Crippen LogP contribution >= 0.6 is 0 Å². The van der Waals surface area contributed by atoms with E-state index in [9.17, 15) is 0 Å². The molecule has 0 spiro atoms. The molecule has 0 aliphatic carbocycles. The van der Waals surface area contributed by atoms with Crippen LogP contribution in [0.4, 0.5) is 5.69 Å². The highest BCUT2D eigenvalue weighted by Crippen LogP contribution is 2.21. The molecule has 1 unspecified atom stereocenters. The van der Waals surface area contributed by atoms with Crippen LogP contribution in [0, 0.1) is 6.92 Å². The van der Waals surface area contributed by atoms with Gasteiger partial charge in [-0.15, -0.1) is 0 Å². The van der Waals surface area contributed by atoms with E-state index in [4.69, 9.17) is 0 Å². The van der Waals surface area contributed by atoms with Crippen molar-refractivity contribution < 1.29 is 0 Å². The molecule has 1 saturated heterocycles. The first-order valence-electron chi connectivity index (χ1n) is 10.4. The van der Waals surface area contributed by atoms with Crippen LogP contribution < -0.4 is 15.5 Å². The Morgan fingerprint density at radius 2 is 1.96 bits per heavy atom. The lowest BCUT2D eigenvalue weighted by Gasteiger charge is -2.20. The summed E-state index contributed by atoms with van der Waals surface area (Å²) < 4.78 is 2.02. The van der Waals surface area contributed by atoms with Gasteiger partial charge in [-0.05, 0) is 38.3 Å². The summed E-state index contributed by atoms with van der Waals surface area (Å²) >= 11 is 0. The molecular formula is C22H34N6. The molecule has 2 aromatic rings. The molecular weight excluding hydrogens is 348 g/mol. The van der Waals surface area contributed by atoms with E-state index in [-0.39, 0.29) is 0 Å². The van der Waals surface area contributed by atoms with Gasteiger partial charge in [0.15, 0.2) is 5.96 Å². The number of rotatable bonds is 6. The molecule has 1 fully saturated rings. The summed E-state index contributed by atoms with van der Waals surface area (Å²) in [5.41, 5.74) is 6.38. The first-order valence-corrected chi connectivity index (χ1v) is 10.4. The number of guanidine groups is 1. The van der Waals surface area contributed by atoms with E-state index in [2.05, 4.69) is 70.7 Å². The second-order valence-electron chi connectivity index (χ2n) is 7.54. The number of aromatic nitrogens is 2. The summed E-state index contributed by atoms with van der Waals surface area (Å²) in [6.45, 7) is 9.30. The second-order valence-corrected chi connectivity index (χ2v) is 7.54. The third-order valence-corrected chi connectivity index (χ3v) is 5.61. The van der Waals surface area contributed by atoms with Crippen molar-refractivity contribution in [3.63, 3.8) is 0 Å². The number of nitrogens with one attached hydrogen (secondary N) is 2. The van der Waals surface area contributed by atoms with Crippen molar-refractivity contribution in [3.8, 4) is 0 Å². The fraction of sp³-hybridized carbons (Fsp3) is 0.545. The van der Waals surface area contributed by atoms with Gasteiger partial charge in [-0.2, -0.15) is 5.10 Å². The van der Waals surface area contributed by atoms with Gasteiger partial charge in [-0.3, -0.25) is 9.67 Å². The van der Waals surface area contributed by atoms with Crippen LogP contribution in [0.1, 0.15) is 42.8 Å². The molecule has 152 valence electrons. The van der Waals surface area contributed by atoms with Crippen molar-refractivity contribution in [2.45, 2.75) is 52.6 Å². The molecule has 1 aliphatic rings. The minimum absolute atomic E-state index is 0.401. The predicted octanol–water partition coefficient (Wildman–Crippen LogP) is 2.80. The molecule has 6 nitrogen and oxygen atoms in total. The zero-order valence-corrected chi connectivity index (χ0v) is 17.9. The minimum atomic E-state index is 0.401. The van der Waals surface area contributed by atoms with Crippen LogP contribution in [0.5, 0.6) is 0 Å². The van der Waals surface area contributed by atoms with Crippen molar-refractivity contribution in [1.29, 1.82) is 0 Å². The summed E-state index contributed by atoms with van der Waals surface area (Å²) in [6, 6.07) is 9.19. The normalized spacial score (nSPS) is 17.2. The maximum Gasteiger partial charge on any atom is 0.191 e. The molecule has 1 atom stereocenters. The van der Waals surface area contributed by atoms with Gasteiger partial charge in [-0.1, -0.05) is 31.5 Å². The average Bonchev–Trinajstić information content (AvgIpc) is 3.29. The van der Waals surface area contributed by atoms with E-state index >= 15 is 0 Å². The molecule has 1 aliphatic heterocycles. The van der Waals surface area contributed by atoms with Crippen molar-refractivity contribution in [2.75, 3.05) is 25.0 Å². The number of aryl methyl sites for hydroxylation is 3. The lowest BCUT2D eigenvalue weighted by Crippen LogP contribution is -2.44. The average molecular weight is 383 g/mol. The molecule has 2 N–H and O–H groups in total. The first kappa shape index (κ1) is 20.2. The van der Waals surface area contributed by atoms with Crippen molar-refractivity contribution in [2.24, 2.45) is 12.0 Å². The van der Waals surface area contributed by atoms with Gasteiger partial charge in [-0.25, -0.2) is 0 Å². The Kier molecular flexibility index (Phi) is 6.60. The molecule has 0 radical (unpaired) electrons. The van der Waals surface area contributed by atoms with Crippen LogP contribution in [0.15, 0.2) is 29.3 Å². The van der Waals surface area contributed by atoms with Gasteiger partial charge in [0.05, 0.1) is 5.69 Å². The van der Waals surface area contributed by atoms with Crippen LogP contribution in [0.2, 0.25) is 0 Å². The van der Waals surface area contributed by atoms with Gasteiger partial charge in [0.2, 0.25) is 0 Å². The van der Waals surface area contributed by atoms with Gasteiger partial charge < -0.3 is 15.5 Å². The summed E-state index contributed by atoms with van der Waals surface area (Å²) in [4.78, 5) is 6.88. The Labute approximate surface area is 169 Å². The lowest BCUT2D eigenvalue weighted by molar-refractivity contribution is 0.647. The predicted molar refractivity (Wildman–Crippen MR) is 117 cm³/mol. The molecule has 0 saturated carbocycles. The number of aliphatic imine (C=N–C) groups is 1. The molecule has 1 aromatic carbocycles. The fourth-order valence-electron chi connectivity index (χ4n) is 4.02. The number of hydrogen-bond donors (Lipinski definition) is 2. The van der Waals surface area contributed by atoms with Gasteiger partial charge >= 0.3 is 0 Å². The van der Waals surface area contributed by atoms with Gasteiger partial charge in [0, 0.05) is 56.7 Å². The van der Waals surface area contributed by atoms with Crippen LogP contribution in [0.25, 0.3) is 0 Å². The molecule has 28 heavy (non-hydrogen) atoms. The SMILES string of the molecule is CCc1nn(C)c(CC)c1CNC(=NC)NC1CCN(c2ccc(C)cc2)C1. The van der Waals surface area contributed by atoms with E-state index in [0.29, 0.717) is 6.04 Å². The van der Waals surface area contributed by atoms with Crippen LogP contribution in [-0.4, -0.2) is 41.9 Å². The summed E-state index contributed by atoms with van der Waals surface area (Å²) in [6.07, 6.45) is 3.05. The van der Waals surface area contributed by atoms with Crippen molar-refractivity contribution in [1.82, 2.24) is 20.4 Å². The smallest absolute Gasteiger partial charge is 0.191 e. The monoisotopic (exact) mass is 382 g/mol.